The number of aromatic nitrogens is 2. The van der Waals surface area contributed by atoms with Crippen molar-refractivity contribution in [2.75, 3.05) is 4.90 Å². The highest BCUT2D eigenvalue weighted by Crippen LogP contribution is 2.49. The van der Waals surface area contributed by atoms with E-state index in [0.29, 0.717) is 30.2 Å². The van der Waals surface area contributed by atoms with Crippen molar-refractivity contribution in [3.05, 3.63) is 59.8 Å². The summed E-state index contributed by atoms with van der Waals surface area (Å²) in [6.07, 6.45) is 2.71. The highest BCUT2D eigenvalue weighted by atomic mass is 19.1. The minimum atomic E-state index is -1.19. The van der Waals surface area contributed by atoms with Gasteiger partial charge in [0.1, 0.15) is 24.2 Å². The van der Waals surface area contributed by atoms with Crippen LogP contribution in [-0.4, -0.2) is 55.7 Å². The number of hydrogen-bond donors (Lipinski definition) is 1. The molecular formula is C25H22F2N4O4. The van der Waals surface area contributed by atoms with Gasteiger partial charge in [-0.05, 0) is 49.8 Å². The van der Waals surface area contributed by atoms with Crippen LogP contribution in [0.25, 0.3) is 10.9 Å². The van der Waals surface area contributed by atoms with E-state index in [2.05, 4.69) is 5.10 Å². The number of carbonyl (C=O) groups excluding carboxylic acids is 2. The number of likely N-dealkylation sites (tertiary alicyclic amines) is 1. The number of rotatable bonds is 6. The first-order chi connectivity index (χ1) is 16.8. The Bertz CT molecular complexity index is 1390. The monoisotopic (exact) mass is 480 g/mol. The second-order valence-corrected chi connectivity index (χ2v) is 9.48. The van der Waals surface area contributed by atoms with Crippen LogP contribution in [0.4, 0.5) is 14.5 Å². The van der Waals surface area contributed by atoms with Crippen molar-refractivity contribution in [2.24, 2.45) is 5.92 Å². The average Bonchev–Trinajstić information content (AvgIpc) is 3.74. The maximum Gasteiger partial charge on any atom is 0.357 e. The zero-order valence-electron chi connectivity index (χ0n) is 18.6. The van der Waals surface area contributed by atoms with Crippen LogP contribution in [0.5, 0.6) is 0 Å². The predicted octanol–water partition coefficient (Wildman–Crippen LogP) is 3.20. The molecule has 3 atom stereocenters. The van der Waals surface area contributed by atoms with Crippen molar-refractivity contribution in [3.63, 3.8) is 0 Å². The van der Waals surface area contributed by atoms with E-state index >= 15 is 0 Å². The Morgan fingerprint density at radius 2 is 1.86 bits per heavy atom. The van der Waals surface area contributed by atoms with Gasteiger partial charge in [-0.3, -0.25) is 14.3 Å². The van der Waals surface area contributed by atoms with Crippen molar-refractivity contribution >= 4 is 34.4 Å². The highest BCUT2D eigenvalue weighted by Gasteiger charge is 2.57. The van der Waals surface area contributed by atoms with Crippen LogP contribution in [-0.2, 0) is 16.1 Å². The third-order valence-corrected chi connectivity index (χ3v) is 7.14. The van der Waals surface area contributed by atoms with Gasteiger partial charge in [0, 0.05) is 23.5 Å². The van der Waals surface area contributed by atoms with E-state index in [0.717, 1.165) is 18.6 Å². The summed E-state index contributed by atoms with van der Waals surface area (Å²) in [5.41, 5.74) is 0.398. The van der Waals surface area contributed by atoms with E-state index in [1.165, 1.54) is 15.6 Å². The first-order valence-electron chi connectivity index (χ1n) is 11.6. The molecule has 3 fully saturated rings. The van der Waals surface area contributed by atoms with Crippen LogP contribution in [0.15, 0.2) is 42.5 Å². The van der Waals surface area contributed by atoms with Gasteiger partial charge in [-0.15, -0.1) is 0 Å². The molecule has 2 aliphatic carbocycles. The molecule has 2 amide bonds. The first-order valence-corrected chi connectivity index (χ1v) is 11.6. The zero-order valence-corrected chi connectivity index (χ0v) is 18.6. The van der Waals surface area contributed by atoms with Crippen LogP contribution < -0.4 is 4.90 Å². The molecule has 3 aromatic rings. The van der Waals surface area contributed by atoms with Crippen LogP contribution in [0.3, 0.4) is 0 Å². The molecule has 2 saturated carbocycles. The lowest BCUT2D eigenvalue weighted by molar-refractivity contribution is -0.139. The second-order valence-electron chi connectivity index (χ2n) is 9.48. The molecule has 10 heteroatoms. The van der Waals surface area contributed by atoms with Crippen molar-refractivity contribution in [2.45, 2.75) is 50.4 Å². The number of carboxylic acid groups (broad SMARTS) is 1. The molecule has 180 valence electrons. The number of nitrogens with zero attached hydrogens (tertiary/aromatic N) is 4. The summed E-state index contributed by atoms with van der Waals surface area (Å²) < 4.78 is 29.4. The van der Waals surface area contributed by atoms with Gasteiger partial charge in [-0.25, -0.2) is 13.6 Å². The minimum Gasteiger partial charge on any atom is -0.476 e. The molecule has 2 heterocycles. The lowest BCUT2D eigenvalue weighted by atomic mass is 10.1. The average molecular weight is 480 g/mol. The van der Waals surface area contributed by atoms with Gasteiger partial charge in [0.15, 0.2) is 5.69 Å². The molecule has 3 aliphatic rings. The van der Waals surface area contributed by atoms with E-state index in [4.69, 9.17) is 0 Å². The number of anilines is 1. The number of fused-ring (bicyclic) bond motifs is 2. The van der Waals surface area contributed by atoms with Crippen LogP contribution in [0.2, 0.25) is 0 Å². The summed E-state index contributed by atoms with van der Waals surface area (Å²) in [7, 11) is 0. The Kier molecular flexibility index (Phi) is 4.87. The predicted molar refractivity (Wildman–Crippen MR) is 121 cm³/mol. The smallest absolute Gasteiger partial charge is 0.357 e. The molecule has 6 rings (SSSR count). The van der Waals surface area contributed by atoms with Crippen molar-refractivity contribution in [1.29, 1.82) is 0 Å². The molecule has 35 heavy (non-hydrogen) atoms. The number of benzene rings is 2. The number of halogens is 2. The van der Waals surface area contributed by atoms with E-state index in [1.807, 2.05) is 0 Å². The summed E-state index contributed by atoms with van der Waals surface area (Å²) in [5, 5.41) is 14.1. The molecular weight excluding hydrogens is 458 g/mol. The molecule has 8 nitrogen and oxygen atoms in total. The number of para-hydroxylation sites is 1. The fourth-order valence-corrected chi connectivity index (χ4v) is 5.32. The summed E-state index contributed by atoms with van der Waals surface area (Å²) >= 11 is 0. The summed E-state index contributed by atoms with van der Waals surface area (Å²) in [6, 6.07) is 8.92. The molecule has 0 bridgehead atoms. The molecule has 0 unspecified atom stereocenters. The molecule has 1 aromatic heterocycles. The Morgan fingerprint density at radius 3 is 2.57 bits per heavy atom. The number of carbonyl (C=O) groups is 3. The number of aromatic carboxylic acids is 1. The van der Waals surface area contributed by atoms with Crippen LogP contribution >= 0.6 is 0 Å². The Morgan fingerprint density at radius 1 is 1.09 bits per heavy atom. The summed E-state index contributed by atoms with van der Waals surface area (Å²) in [4.78, 5) is 41.7. The van der Waals surface area contributed by atoms with Gasteiger partial charge < -0.3 is 14.9 Å². The third-order valence-electron chi connectivity index (χ3n) is 7.14. The molecule has 1 saturated heterocycles. The fraction of sp³-hybridized carbons (Fsp3) is 0.360. The Balaban J connectivity index is 1.29. The molecule has 1 N–H and O–H groups in total. The van der Waals surface area contributed by atoms with Crippen molar-refractivity contribution in [3.8, 4) is 0 Å². The van der Waals surface area contributed by atoms with Gasteiger partial charge in [0.05, 0.1) is 11.2 Å². The first kappa shape index (κ1) is 21.7. The summed E-state index contributed by atoms with van der Waals surface area (Å²) in [6.45, 7) is -0.213. The van der Waals surface area contributed by atoms with Gasteiger partial charge in [-0.2, -0.15) is 5.10 Å². The van der Waals surface area contributed by atoms with Crippen molar-refractivity contribution < 1.29 is 28.3 Å². The largest absolute Gasteiger partial charge is 0.476 e. The molecule has 1 aliphatic heterocycles. The normalized spacial score (nSPS) is 22.8. The topological polar surface area (TPSA) is 95.7 Å². The van der Waals surface area contributed by atoms with Crippen LogP contribution in [0, 0.1) is 17.6 Å². The lowest BCUT2D eigenvalue weighted by Crippen LogP contribution is -2.51. The molecule has 2 aromatic carbocycles. The second kappa shape index (κ2) is 7.86. The van der Waals surface area contributed by atoms with Crippen molar-refractivity contribution in [1.82, 2.24) is 14.7 Å². The zero-order chi connectivity index (χ0) is 24.4. The van der Waals surface area contributed by atoms with E-state index in [1.54, 1.807) is 29.2 Å². The number of carboxylic acids is 1. The number of hydrogen-bond acceptors (Lipinski definition) is 4. The minimum absolute atomic E-state index is 0.0241. The molecule has 0 spiro atoms. The van der Waals surface area contributed by atoms with E-state index < -0.39 is 23.6 Å². The standard InChI is InChI=1S/C25H22F2N4O4/c26-14-5-8-19(17(27)11-14)30(15-6-7-15)24(33)21-10-13-9-20(13)31(21)22(32)12-29-18-4-2-1-3-16(18)23(28-29)25(34)35/h1-5,8,11,13,15,20-21H,6-7,9-10,12H2,(H,34,35)/t13-,20-,21+/m1/s1. The Labute approximate surface area is 198 Å². The molecule has 0 radical (unpaired) electrons. The van der Waals surface area contributed by atoms with E-state index in [9.17, 15) is 28.3 Å². The highest BCUT2D eigenvalue weighted by molar-refractivity contribution is 6.02. The van der Waals surface area contributed by atoms with Gasteiger partial charge in [-0.1, -0.05) is 18.2 Å². The fourth-order valence-electron chi connectivity index (χ4n) is 5.32. The Hall–Kier alpha value is -3.82. The SMILES string of the molecule is O=C(O)c1nn(CC(=O)N2[C@@H]3C[C@@H]3C[C@H]2C(=O)N(c2ccc(F)cc2F)C2CC2)c2ccccc12. The maximum atomic E-state index is 14.6. The van der Waals surface area contributed by atoms with E-state index in [-0.39, 0.29) is 47.7 Å². The van der Waals surface area contributed by atoms with Gasteiger partial charge in [0.25, 0.3) is 0 Å². The maximum absolute atomic E-state index is 14.6. The quantitative estimate of drug-likeness (QED) is 0.585. The third kappa shape index (κ3) is 3.64. The van der Waals surface area contributed by atoms with Gasteiger partial charge in [0.2, 0.25) is 11.8 Å². The van der Waals surface area contributed by atoms with Crippen LogP contribution in [0.1, 0.15) is 36.2 Å². The number of piperidine rings is 1. The van der Waals surface area contributed by atoms with Gasteiger partial charge >= 0.3 is 5.97 Å². The summed E-state index contributed by atoms with van der Waals surface area (Å²) in [5.74, 6) is -3.22. The number of amides is 2. The lowest BCUT2D eigenvalue weighted by Gasteiger charge is -2.32.